The van der Waals surface area contributed by atoms with Crippen molar-refractivity contribution in [2.24, 2.45) is 17.6 Å². The maximum atomic E-state index is 13.0. The van der Waals surface area contributed by atoms with Crippen molar-refractivity contribution in [2.45, 2.75) is 89.4 Å². The van der Waals surface area contributed by atoms with Crippen molar-refractivity contribution >= 4 is 23.7 Å². The van der Waals surface area contributed by atoms with Gasteiger partial charge in [0.2, 0.25) is 11.8 Å². The second-order valence-corrected chi connectivity index (χ2v) is 10.4. The number of aliphatic hydroxyl groups excluding tert-OH is 4. The van der Waals surface area contributed by atoms with Gasteiger partial charge in [-0.05, 0) is 23.8 Å². The molecule has 226 valence electrons. The number of carboxylic acid groups (broad SMARTS) is 1. The fourth-order valence-corrected chi connectivity index (χ4v) is 3.95. The van der Waals surface area contributed by atoms with Gasteiger partial charge in [0.15, 0.2) is 6.10 Å². The Balaban J connectivity index is 2.96. The van der Waals surface area contributed by atoms with Crippen LogP contribution in [0.4, 0.5) is 0 Å². The van der Waals surface area contributed by atoms with Crippen LogP contribution in [0.5, 0.6) is 0 Å². The summed E-state index contributed by atoms with van der Waals surface area (Å²) in [6.07, 6.45) is -6.08. The Hall–Kier alpha value is -3.10. The SMILES string of the molecule is CCC(C)C(N)C(=O)NC(CC(C)C)C(=O)NC(CO)C(O)C(O)C(O)C(=O)NC(CC(=O)O)c1ccccc1. The number of hydrogen-bond acceptors (Lipinski definition) is 9. The van der Waals surface area contributed by atoms with Crippen LogP contribution in [-0.2, 0) is 19.2 Å². The normalized spacial score (nSPS) is 17.4. The molecule has 13 nitrogen and oxygen atoms in total. The Morgan fingerprint density at radius 1 is 0.875 bits per heavy atom. The molecule has 1 rings (SSSR count). The summed E-state index contributed by atoms with van der Waals surface area (Å²) in [7, 11) is 0. The number of amides is 3. The van der Waals surface area contributed by atoms with Gasteiger partial charge >= 0.3 is 5.97 Å². The molecular formula is C27H44N4O9. The molecular weight excluding hydrogens is 524 g/mol. The van der Waals surface area contributed by atoms with Crippen LogP contribution in [0.3, 0.4) is 0 Å². The molecule has 0 aliphatic rings. The number of rotatable bonds is 17. The van der Waals surface area contributed by atoms with Crippen molar-refractivity contribution < 1.29 is 44.7 Å². The Labute approximate surface area is 234 Å². The molecule has 1 aromatic carbocycles. The van der Waals surface area contributed by atoms with E-state index < -0.39 is 79.2 Å². The molecule has 0 spiro atoms. The first-order valence-corrected chi connectivity index (χ1v) is 13.3. The van der Waals surface area contributed by atoms with E-state index in [9.17, 15) is 44.7 Å². The van der Waals surface area contributed by atoms with Gasteiger partial charge in [0.25, 0.3) is 5.91 Å². The Morgan fingerprint density at radius 3 is 1.98 bits per heavy atom. The molecule has 8 unspecified atom stereocenters. The molecule has 10 N–H and O–H groups in total. The minimum absolute atomic E-state index is 0.0344. The number of carbonyl (C=O) groups excluding carboxylic acids is 3. The monoisotopic (exact) mass is 568 g/mol. The van der Waals surface area contributed by atoms with Gasteiger partial charge in [-0.25, -0.2) is 0 Å². The van der Waals surface area contributed by atoms with Crippen LogP contribution < -0.4 is 21.7 Å². The highest BCUT2D eigenvalue weighted by atomic mass is 16.4. The number of hydrogen-bond donors (Lipinski definition) is 9. The number of carbonyl (C=O) groups is 4. The predicted molar refractivity (Wildman–Crippen MR) is 145 cm³/mol. The molecule has 13 heteroatoms. The van der Waals surface area contributed by atoms with Gasteiger partial charge < -0.3 is 47.2 Å². The van der Waals surface area contributed by atoms with Crippen LogP contribution in [0, 0.1) is 11.8 Å². The zero-order valence-corrected chi connectivity index (χ0v) is 23.4. The van der Waals surface area contributed by atoms with Crippen LogP contribution in [0.15, 0.2) is 30.3 Å². The zero-order valence-electron chi connectivity index (χ0n) is 23.4. The number of aliphatic carboxylic acids is 1. The molecule has 8 atom stereocenters. The van der Waals surface area contributed by atoms with Gasteiger partial charge in [-0.3, -0.25) is 19.2 Å². The third-order valence-corrected chi connectivity index (χ3v) is 6.68. The average Bonchev–Trinajstić information content (AvgIpc) is 2.92. The Morgan fingerprint density at radius 2 is 1.48 bits per heavy atom. The van der Waals surface area contributed by atoms with Crippen LogP contribution in [0.2, 0.25) is 0 Å². The molecule has 3 amide bonds. The van der Waals surface area contributed by atoms with Gasteiger partial charge in [-0.15, -0.1) is 0 Å². The zero-order chi connectivity index (χ0) is 30.6. The van der Waals surface area contributed by atoms with E-state index in [4.69, 9.17) is 5.73 Å². The third kappa shape index (κ3) is 10.8. The number of carboxylic acids is 1. The summed E-state index contributed by atoms with van der Waals surface area (Å²) in [6.45, 7) is 6.44. The molecule has 0 radical (unpaired) electrons. The van der Waals surface area contributed by atoms with E-state index in [1.165, 1.54) is 0 Å². The van der Waals surface area contributed by atoms with Gasteiger partial charge in [-0.2, -0.15) is 0 Å². The smallest absolute Gasteiger partial charge is 0.305 e. The molecule has 0 aromatic heterocycles. The van der Waals surface area contributed by atoms with Crippen LogP contribution >= 0.6 is 0 Å². The Kier molecular flexibility index (Phi) is 14.7. The highest BCUT2D eigenvalue weighted by Gasteiger charge is 2.37. The van der Waals surface area contributed by atoms with Crippen molar-refractivity contribution in [3.05, 3.63) is 35.9 Å². The summed E-state index contributed by atoms with van der Waals surface area (Å²) in [4.78, 5) is 49.5. The van der Waals surface area contributed by atoms with E-state index in [1.807, 2.05) is 20.8 Å². The topological polar surface area (TPSA) is 232 Å². The molecule has 1 aromatic rings. The van der Waals surface area contributed by atoms with Crippen LogP contribution in [0.25, 0.3) is 0 Å². The summed E-state index contributed by atoms with van der Waals surface area (Å²) >= 11 is 0. The predicted octanol–water partition coefficient (Wildman–Crippen LogP) is -1.22. The van der Waals surface area contributed by atoms with Crippen LogP contribution in [-0.4, -0.2) is 92.3 Å². The van der Waals surface area contributed by atoms with E-state index in [0.29, 0.717) is 12.0 Å². The summed E-state index contributed by atoms with van der Waals surface area (Å²) in [5.41, 5.74) is 6.41. The molecule has 0 aliphatic carbocycles. The standard InChI is InChI=1S/C27H44N4O9/c1-5-15(4)21(28)26(39)30-18(11-14(2)3)25(38)31-19(13-32)22(35)23(36)24(37)27(40)29-17(12-20(33)34)16-9-7-6-8-10-16/h6-10,14-15,17-19,21-24,32,35-37H,5,11-13,28H2,1-4H3,(H,29,40)(H,30,39)(H,31,38)(H,33,34). The fraction of sp³-hybridized carbons (Fsp3) is 0.630. The van der Waals surface area contributed by atoms with Crippen LogP contribution in [0.1, 0.15) is 58.6 Å². The molecule has 0 saturated carbocycles. The lowest BCUT2D eigenvalue weighted by Gasteiger charge is -2.31. The van der Waals surface area contributed by atoms with Crippen molar-refractivity contribution in [1.82, 2.24) is 16.0 Å². The summed E-state index contributed by atoms with van der Waals surface area (Å²) < 4.78 is 0. The molecule has 0 fully saturated rings. The lowest BCUT2D eigenvalue weighted by molar-refractivity contribution is -0.145. The second-order valence-electron chi connectivity index (χ2n) is 10.4. The lowest BCUT2D eigenvalue weighted by atomic mass is 9.96. The second kappa shape index (κ2) is 16.9. The molecule has 0 heterocycles. The largest absolute Gasteiger partial charge is 0.481 e. The van der Waals surface area contributed by atoms with E-state index >= 15 is 0 Å². The molecule has 0 aliphatic heterocycles. The minimum atomic E-state index is -2.24. The lowest BCUT2D eigenvalue weighted by Crippen LogP contribution is -2.60. The minimum Gasteiger partial charge on any atom is -0.481 e. The van der Waals surface area contributed by atoms with Gasteiger partial charge in [0.05, 0.1) is 31.2 Å². The highest BCUT2D eigenvalue weighted by Crippen LogP contribution is 2.18. The van der Waals surface area contributed by atoms with E-state index in [0.717, 1.165) is 0 Å². The molecule has 0 bridgehead atoms. The number of nitrogens with two attached hydrogens (primary N) is 1. The average molecular weight is 569 g/mol. The van der Waals surface area contributed by atoms with Crippen molar-refractivity contribution in [3.63, 3.8) is 0 Å². The first-order valence-electron chi connectivity index (χ1n) is 13.3. The number of benzene rings is 1. The van der Waals surface area contributed by atoms with Gasteiger partial charge in [-0.1, -0.05) is 64.4 Å². The first-order chi connectivity index (χ1) is 18.7. The van der Waals surface area contributed by atoms with Crippen molar-refractivity contribution in [1.29, 1.82) is 0 Å². The van der Waals surface area contributed by atoms with Gasteiger partial charge in [0, 0.05) is 0 Å². The quantitative estimate of drug-likeness (QED) is 0.109. The first kappa shape index (κ1) is 34.9. The Bertz CT molecular complexity index is 963. The maximum Gasteiger partial charge on any atom is 0.305 e. The van der Waals surface area contributed by atoms with E-state index in [2.05, 4.69) is 16.0 Å². The van der Waals surface area contributed by atoms with E-state index in [-0.39, 0.29) is 18.3 Å². The maximum absolute atomic E-state index is 13.0. The summed E-state index contributed by atoms with van der Waals surface area (Å²) in [5.74, 6) is -3.89. The highest BCUT2D eigenvalue weighted by molar-refractivity contribution is 5.90. The summed E-state index contributed by atoms with van der Waals surface area (Å²) in [5, 5.41) is 57.8. The fourth-order valence-electron chi connectivity index (χ4n) is 3.95. The third-order valence-electron chi connectivity index (χ3n) is 6.68. The molecule has 40 heavy (non-hydrogen) atoms. The number of nitrogens with one attached hydrogen (secondary N) is 3. The summed E-state index contributed by atoms with van der Waals surface area (Å²) in [6, 6.07) is 3.61. The van der Waals surface area contributed by atoms with Gasteiger partial charge in [0.1, 0.15) is 18.2 Å². The van der Waals surface area contributed by atoms with Crippen molar-refractivity contribution in [2.75, 3.05) is 6.61 Å². The number of aliphatic hydroxyl groups is 4. The van der Waals surface area contributed by atoms with Crippen molar-refractivity contribution in [3.8, 4) is 0 Å². The van der Waals surface area contributed by atoms with E-state index in [1.54, 1.807) is 37.3 Å². The molecule has 0 saturated heterocycles.